The highest BCUT2D eigenvalue weighted by Gasteiger charge is 2.44. The van der Waals surface area contributed by atoms with Gasteiger partial charge in [0.1, 0.15) is 0 Å². The van der Waals surface area contributed by atoms with E-state index in [1.165, 1.54) is 7.11 Å². The molecule has 1 saturated heterocycles. The van der Waals surface area contributed by atoms with Crippen LogP contribution in [0, 0.1) is 11.7 Å². The number of nitrogens with zero attached hydrogens (tertiary/aromatic N) is 1. The van der Waals surface area contributed by atoms with Gasteiger partial charge in [-0.1, -0.05) is 0 Å². The summed E-state index contributed by atoms with van der Waals surface area (Å²) in [6.07, 6.45) is -4.44. The summed E-state index contributed by atoms with van der Waals surface area (Å²) in [4.78, 5) is -0.381. The molecule has 0 bridgehead atoms. The second kappa shape index (κ2) is 6.04. The van der Waals surface area contributed by atoms with Gasteiger partial charge >= 0.3 is 6.18 Å². The molecule has 22 heavy (non-hydrogen) atoms. The highest BCUT2D eigenvalue weighted by Crippen LogP contribution is 2.35. The standard InChI is InChI=1S/C13H15F4NO3S/c1-21-12-5-4-10(7-11(12)14)22(19,20)18-6-2-3-9(8-18)13(15,16)17/h4-5,7,9H,2-3,6,8H2,1H3/t9-/m0/s1. The summed E-state index contributed by atoms with van der Waals surface area (Å²) in [5, 5.41) is 0. The minimum Gasteiger partial charge on any atom is -0.494 e. The lowest BCUT2D eigenvalue weighted by Crippen LogP contribution is -2.44. The number of benzene rings is 1. The van der Waals surface area contributed by atoms with Crippen molar-refractivity contribution in [3.8, 4) is 5.75 Å². The summed E-state index contributed by atoms with van der Waals surface area (Å²) in [6.45, 7) is -0.651. The molecule has 0 aromatic heterocycles. The Labute approximate surface area is 125 Å². The maximum Gasteiger partial charge on any atom is 0.393 e. The summed E-state index contributed by atoms with van der Waals surface area (Å²) in [7, 11) is -2.94. The second-order valence-electron chi connectivity index (χ2n) is 5.04. The molecule has 0 saturated carbocycles. The first-order chi connectivity index (χ1) is 10.2. The Kier molecular flexibility index (Phi) is 4.67. The molecule has 1 aromatic carbocycles. The maximum atomic E-state index is 13.6. The Hall–Kier alpha value is -1.35. The lowest BCUT2D eigenvalue weighted by Gasteiger charge is -2.32. The van der Waals surface area contributed by atoms with Crippen molar-refractivity contribution >= 4 is 10.0 Å². The largest absolute Gasteiger partial charge is 0.494 e. The molecule has 1 atom stereocenters. The molecular weight excluding hydrogens is 326 g/mol. The number of ether oxygens (including phenoxy) is 1. The van der Waals surface area contributed by atoms with E-state index in [-0.39, 0.29) is 30.0 Å². The van der Waals surface area contributed by atoms with Crippen LogP contribution in [-0.2, 0) is 10.0 Å². The molecule has 1 fully saturated rings. The van der Waals surface area contributed by atoms with Crippen molar-refractivity contribution in [2.24, 2.45) is 5.92 Å². The molecule has 124 valence electrons. The van der Waals surface area contributed by atoms with Gasteiger partial charge in [-0.25, -0.2) is 12.8 Å². The van der Waals surface area contributed by atoms with Crippen LogP contribution in [0.5, 0.6) is 5.75 Å². The topological polar surface area (TPSA) is 46.6 Å². The van der Waals surface area contributed by atoms with Crippen molar-refractivity contribution in [1.29, 1.82) is 0 Å². The number of hydrogen-bond acceptors (Lipinski definition) is 3. The van der Waals surface area contributed by atoms with Gasteiger partial charge in [0.15, 0.2) is 11.6 Å². The zero-order chi connectivity index (χ0) is 16.5. The molecule has 0 radical (unpaired) electrons. The van der Waals surface area contributed by atoms with E-state index in [1.54, 1.807) is 0 Å². The molecule has 4 nitrogen and oxygen atoms in total. The van der Waals surface area contributed by atoms with Crippen molar-refractivity contribution in [2.45, 2.75) is 23.9 Å². The van der Waals surface area contributed by atoms with E-state index >= 15 is 0 Å². The third-order valence-corrected chi connectivity index (χ3v) is 5.47. The Morgan fingerprint density at radius 2 is 2.00 bits per heavy atom. The van der Waals surface area contributed by atoms with Gasteiger partial charge in [0.2, 0.25) is 10.0 Å². The number of methoxy groups -OCH3 is 1. The average Bonchev–Trinajstić information content (AvgIpc) is 2.46. The van der Waals surface area contributed by atoms with Crippen LogP contribution in [0.25, 0.3) is 0 Å². The van der Waals surface area contributed by atoms with Gasteiger partial charge < -0.3 is 4.74 Å². The molecule has 1 aromatic rings. The molecule has 1 heterocycles. The summed E-state index contributed by atoms with van der Waals surface area (Å²) >= 11 is 0. The summed E-state index contributed by atoms with van der Waals surface area (Å²) in [5.41, 5.74) is 0. The maximum absolute atomic E-state index is 13.6. The molecule has 1 aliphatic rings. The third-order valence-electron chi connectivity index (χ3n) is 3.61. The first-order valence-corrected chi connectivity index (χ1v) is 8.00. The van der Waals surface area contributed by atoms with Gasteiger partial charge in [-0.3, -0.25) is 0 Å². The zero-order valence-corrected chi connectivity index (χ0v) is 12.5. The molecule has 0 spiro atoms. The molecule has 9 heteroatoms. The normalized spacial score (nSPS) is 20.9. The zero-order valence-electron chi connectivity index (χ0n) is 11.7. The minimum atomic E-state index is -4.45. The summed E-state index contributed by atoms with van der Waals surface area (Å²) in [6, 6.07) is 3.01. The quantitative estimate of drug-likeness (QED) is 0.795. The highest BCUT2D eigenvalue weighted by molar-refractivity contribution is 7.89. The van der Waals surface area contributed by atoms with Gasteiger partial charge in [0.25, 0.3) is 0 Å². The first kappa shape index (κ1) is 17.0. The van der Waals surface area contributed by atoms with Gasteiger partial charge in [-0.15, -0.1) is 0 Å². The molecule has 0 N–H and O–H groups in total. The molecule has 1 aliphatic heterocycles. The number of piperidine rings is 1. The Bertz CT molecular complexity index is 645. The predicted octanol–water partition coefficient (Wildman–Crippen LogP) is 2.80. The Morgan fingerprint density at radius 1 is 1.32 bits per heavy atom. The summed E-state index contributed by atoms with van der Waals surface area (Å²) < 4.78 is 82.1. The third kappa shape index (κ3) is 3.35. The lowest BCUT2D eigenvalue weighted by atomic mass is 9.99. The average molecular weight is 341 g/mol. The van der Waals surface area contributed by atoms with Crippen molar-refractivity contribution in [3.63, 3.8) is 0 Å². The van der Waals surface area contributed by atoms with E-state index in [1.807, 2.05) is 0 Å². The number of sulfonamides is 1. The fraction of sp³-hybridized carbons (Fsp3) is 0.538. The number of alkyl halides is 3. The van der Waals surface area contributed by atoms with Gasteiger partial charge in [-0.2, -0.15) is 17.5 Å². The number of rotatable bonds is 3. The van der Waals surface area contributed by atoms with E-state index in [0.29, 0.717) is 0 Å². The van der Waals surface area contributed by atoms with Crippen molar-refractivity contribution < 1.29 is 30.7 Å². The fourth-order valence-corrected chi connectivity index (χ4v) is 3.92. The SMILES string of the molecule is COc1ccc(S(=O)(=O)N2CCC[C@H](C(F)(F)F)C2)cc1F. The van der Waals surface area contributed by atoms with Crippen LogP contribution in [0.3, 0.4) is 0 Å². The predicted molar refractivity (Wildman–Crippen MR) is 70.5 cm³/mol. The van der Waals surface area contributed by atoms with E-state index in [2.05, 4.69) is 4.74 Å². The van der Waals surface area contributed by atoms with Crippen molar-refractivity contribution in [1.82, 2.24) is 4.31 Å². The fourth-order valence-electron chi connectivity index (χ4n) is 2.38. The highest BCUT2D eigenvalue weighted by atomic mass is 32.2. The van der Waals surface area contributed by atoms with Crippen LogP contribution in [0.4, 0.5) is 17.6 Å². The summed E-state index contributed by atoms with van der Waals surface area (Å²) in [5.74, 6) is -2.71. The lowest BCUT2D eigenvalue weighted by molar-refractivity contribution is -0.182. The van der Waals surface area contributed by atoms with Gasteiger partial charge in [0, 0.05) is 13.1 Å². The smallest absolute Gasteiger partial charge is 0.393 e. The molecule has 0 amide bonds. The van der Waals surface area contributed by atoms with Crippen LogP contribution < -0.4 is 4.74 Å². The Morgan fingerprint density at radius 3 is 2.55 bits per heavy atom. The van der Waals surface area contributed by atoms with Crippen molar-refractivity contribution in [2.75, 3.05) is 20.2 Å². The van der Waals surface area contributed by atoms with Crippen molar-refractivity contribution in [3.05, 3.63) is 24.0 Å². The minimum absolute atomic E-state index is 0.0113. The second-order valence-corrected chi connectivity index (χ2v) is 6.98. The van der Waals surface area contributed by atoms with Crippen LogP contribution in [0.15, 0.2) is 23.1 Å². The van der Waals surface area contributed by atoms with E-state index < -0.39 is 34.5 Å². The Balaban J connectivity index is 2.28. The molecular formula is C13H15F4NO3S. The molecule has 2 rings (SSSR count). The number of hydrogen-bond donors (Lipinski definition) is 0. The first-order valence-electron chi connectivity index (χ1n) is 6.56. The van der Waals surface area contributed by atoms with E-state index in [9.17, 15) is 26.0 Å². The number of halogens is 4. The van der Waals surface area contributed by atoms with Crippen LogP contribution in [-0.4, -0.2) is 39.1 Å². The van der Waals surface area contributed by atoms with Gasteiger partial charge in [-0.05, 0) is 31.0 Å². The van der Waals surface area contributed by atoms with Crippen LogP contribution >= 0.6 is 0 Å². The van der Waals surface area contributed by atoms with Crippen LogP contribution in [0.1, 0.15) is 12.8 Å². The molecule has 0 unspecified atom stereocenters. The monoisotopic (exact) mass is 341 g/mol. The van der Waals surface area contributed by atoms with Crippen LogP contribution in [0.2, 0.25) is 0 Å². The molecule has 0 aliphatic carbocycles. The van der Waals surface area contributed by atoms with E-state index in [4.69, 9.17) is 0 Å². The van der Waals surface area contributed by atoms with Gasteiger partial charge in [0.05, 0.1) is 17.9 Å². The van der Waals surface area contributed by atoms with E-state index in [0.717, 1.165) is 22.5 Å².